The Morgan fingerprint density at radius 1 is 1.00 bits per heavy atom. The molecule has 36 heavy (non-hydrogen) atoms. The summed E-state index contributed by atoms with van der Waals surface area (Å²) in [6, 6.07) is 9.18. The molecule has 2 heterocycles. The Balaban J connectivity index is 1.64. The van der Waals surface area contributed by atoms with Crippen LogP contribution in [0.4, 0.5) is 5.13 Å². The molecule has 9 nitrogen and oxygen atoms in total. The predicted molar refractivity (Wildman–Crippen MR) is 141 cm³/mol. The summed E-state index contributed by atoms with van der Waals surface area (Å²) in [5.74, 6) is 2.38. The fraction of sp³-hybridized carbons (Fsp3) is 0.385. The van der Waals surface area contributed by atoms with Crippen molar-refractivity contribution in [2.24, 2.45) is 0 Å². The Kier molecular flexibility index (Phi) is 8.63. The number of anilines is 1. The van der Waals surface area contributed by atoms with Crippen LogP contribution in [0.5, 0.6) is 23.0 Å². The maximum Gasteiger partial charge on any atom is 0.252 e. The molecule has 0 atom stereocenters. The van der Waals surface area contributed by atoms with E-state index in [-0.39, 0.29) is 5.91 Å². The summed E-state index contributed by atoms with van der Waals surface area (Å²) in [4.78, 5) is 22.3. The number of benzene rings is 2. The summed E-state index contributed by atoms with van der Waals surface area (Å²) in [6.07, 6.45) is 3.32. The molecule has 0 bridgehead atoms. The van der Waals surface area contributed by atoms with Crippen molar-refractivity contribution in [3.8, 4) is 23.0 Å². The lowest BCUT2D eigenvalue weighted by Crippen LogP contribution is -2.42. The number of aromatic nitrogens is 1. The van der Waals surface area contributed by atoms with Gasteiger partial charge >= 0.3 is 0 Å². The van der Waals surface area contributed by atoms with Gasteiger partial charge in [0.05, 0.1) is 41.7 Å². The molecule has 0 N–H and O–H groups in total. The highest BCUT2D eigenvalue weighted by Gasteiger charge is 2.22. The molecule has 0 spiro atoms. The van der Waals surface area contributed by atoms with E-state index in [2.05, 4.69) is 4.90 Å². The second-order valence-electron chi connectivity index (χ2n) is 8.04. The lowest BCUT2D eigenvalue weighted by molar-refractivity contribution is -0.114. The van der Waals surface area contributed by atoms with Crippen molar-refractivity contribution < 1.29 is 28.5 Å². The fourth-order valence-corrected chi connectivity index (χ4v) is 5.08. The first-order valence-electron chi connectivity index (χ1n) is 11.6. The van der Waals surface area contributed by atoms with Crippen molar-refractivity contribution in [1.82, 2.24) is 9.88 Å². The largest absolute Gasteiger partial charge is 0.495 e. The number of nitrogens with zero attached hydrogens (tertiary/aromatic N) is 3. The molecule has 0 unspecified atom stereocenters. The zero-order chi connectivity index (χ0) is 25.5. The SMILES string of the molecule is COc1ccc(/C=C/C(=O)N(CCN2CCOCC2)c2nc3c(OC)ccc(OC)c3s2)cc1OC. The number of morpholine rings is 1. The standard InChI is InChI=1S/C26H31N3O6S/c1-31-19-7-5-18(17-22(19)34-4)6-10-23(30)29(12-11-28-13-15-35-16-14-28)26-27-24-20(32-2)8-9-21(33-3)25(24)36-26/h5-10,17H,11-16H2,1-4H3/b10-6+. The highest BCUT2D eigenvalue weighted by molar-refractivity contribution is 7.22. The van der Waals surface area contributed by atoms with Gasteiger partial charge in [-0.1, -0.05) is 17.4 Å². The number of amides is 1. The number of methoxy groups -OCH3 is 4. The van der Waals surface area contributed by atoms with Crippen LogP contribution in [0, 0.1) is 0 Å². The number of rotatable bonds is 10. The molecule has 1 aliphatic rings. The summed E-state index contributed by atoms with van der Waals surface area (Å²) in [5, 5.41) is 0.586. The molecular formula is C26H31N3O6S. The molecular weight excluding hydrogens is 482 g/mol. The second kappa shape index (κ2) is 12.1. The number of hydrogen-bond acceptors (Lipinski definition) is 9. The van der Waals surface area contributed by atoms with Crippen molar-refractivity contribution in [2.75, 3.05) is 72.7 Å². The van der Waals surface area contributed by atoms with Gasteiger partial charge in [0.2, 0.25) is 0 Å². The van der Waals surface area contributed by atoms with Crippen LogP contribution in [0.2, 0.25) is 0 Å². The van der Waals surface area contributed by atoms with E-state index in [1.807, 2.05) is 30.3 Å². The molecule has 1 aromatic heterocycles. The predicted octanol–water partition coefficient (Wildman–Crippen LogP) is 3.71. The van der Waals surface area contributed by atoms with Crippen LogP contribution in [-0.2, 0) is 9.53 Å². The van der Waals surface area contributed by atoms with Gasteiger partial charge in [0.1, 0.15) is 21.7 Å². The van der Waals surface area contributed by atoms with E-state index in [1.54, 1.807) is 45.5 Å². The number of thiazole rings is 1. The lowest BCUT2D eigenvalue weighted by atomic mass is 10.2. The summed E-state index contributed by atoms with van der Waals surface area (Å²) in [6.45, 7) is 4.27. The van der Waals surface area contributed by atoms with E-state index in [1.165, 1.54) is 11.3 Å². The molecule has 3 aromatic rings. The van der Waals surface area contributed by atoms with Crippen molar-refractivity contribution >= 4 is 38.7 Å². The van der Waals surface area contributed by atoms with Gasteiger partial charge in [-0.05, 0) is 35.9 Å². The molecule has 1 amide bonds. The molecule has 1 saturated heterocycles. The molecule has 0 radical (unpaired) electrons. The first kappa shape index (κ1) is 25.7. The Morgan fingerprint density at radius 2 is 1.67 bits per heavy atom. The van der Waals surface area contributed by atoms with Crippen molar-refractivity contribution in [3.05, 3.63) is 42.0 Å². The van der Waals surface area contributed by atoms with E-state index in [9.17, 15) is 4.79 Å². The maximum absolute atomic E-state index is 13.5. The van der Waals surface area contributed by atoms with E-state index in [0.717, 1.165) is 23.4 Å². The van der Waals surface area contributed by atoms with Gasteiger partial charge < -0.3 is 23.7 Å². The number of ether oxygens (including phenoxy) is 5. The number of carbonyl (C=O) groups excluding carboxylic acids is 1. The summed E-state index contributed by atoms with van der Waals surface area (Å²) >= 11 is 1.41. The van der Waals surface area contributed by atoms with E-state index < -0.39 is 0 Å². The summed E-state index contributed by atoms with van der Waals surface area (Å²) in [5.41, 5.74) is 1.49. The lowest BCUT2D eigenvalue weighted by Gasteiger charge is -2.28. The van der Waals surface area contributed by atoms with Crippen molar-refractivity contribution in [2.45, 2.75) is 0 Å². The topological polar surface area (TPSA) is 82.6 Å². The Labute approximate surface area is 214 Å². The molecule has 4 rings (SSSR count). The Morgan fingerprint density at radius 3 is 2.36 bits per heavy atom. The highest BCUT2D eigenvalue weighted by Crippen LogP contribution is 2.40. The molecule has 10 heteroatoms. The molecule has 192 valence electrons. The van der Waals surface area contributed by atoms with E-state index in [4.69, 9.17) is 28.7 Å². The van der Waals surface area contributed by atoms with Crippen LogP contribution in [0.3, 0.4) is 0 Å². The first-order chi connectivity index (χ1) is 17.6. The number of hydrogen-bond donors (Lipinski definition) is 0. The van der Waals surface area contributed by atoms with Gasteiger partial charge in [-0.2, -0.15) is 0 Å². The Bertz CT molecular complexity index is 1180. The summed E-state index contributed by atoms with van der Waals surface area (Å²) < 4.78 is 28.0. The number of carbonyl (C=O) groups is 1. The molecule has 2 aromatic carbocycles. The van der Waals surface area contributed by atoms with Crippen molar-refractivity contribution in [3.63, 3.8) is 0 Å². The van der Waals surface area contributed by atoms with Gasteiger partial charge in [0.15, 0.2) is 16.6 Å². The zero-order valence-corrected chi connectivity index (χ0v) is 21.8. The smallest absolute Gasteiger partial charge is 0.252 e. The van der Waals surface area contributed by atoms with Gasteiger partial charge in [0, 0.05) is 32.3 Å². The second-order valence-corrected chi connectivity index (χ2v) is 9.01. The van der Waals surface area contributed by atoms with Crippen LogP contribution >= 0.6 is 11.3 Å². The number of fused-ring (bicyclic) bond motifs is 1. The minimum atomic E-state index is -0.171. The van der Waals surface area contributed by atoms with E-state index >= 15 is 0 Å². The fourth-order valence-electron chi connectivity index (χ4n) is 3.97. The van der Waals surface area contributed by atoms with Gasteiger partial charge in [-0.25, -0.2) is 4.98 Å². The third kappa shape index (κ3) is 5.72. The minimum Gasteiger partial charge on any atom is -0.495 e. The van der Waals surface area contributed by atoms with Crippen LogP contribution in [0.15, 0.2) is 36.4 Å². The van der Waals surface area contributed by atoms with Crippen LogP contribution in [0.1, 0.15) is 5.56 Å². The monoisotopic (exact) mass is 513 g/mol. The van der Waals surface area contributed by atoms with Crippen LogP contribution in [0.25, 0.3) is 16.3 Å². The molecule has 1 aliphatic heterocycles. The van der Waals surface area contributed by atoms with Gasteiger partial charge in [0.25, 0.3) is 5.91 Å². The van der Waals surface area contributed by atoms with E-state index in [0.29, 0.717) is 59.9 Å². The van der Waals surface area contributed by atoms with Gasteiger partial charge in [-0.15, -0.1) is 0 Å². The molecule has 1 fully saturated rings. The molecule has 0 aliphatic carbocycles. The van der Waals surface area contributed by atoms with Crippen LogP contribution in [-0.4, -0.2) is 83.6 Å². The Hall–Kier alpha value is -3.34. The third-order valence-corrected chi connectivity index (χ3v) is 7.06. The normalized spacial score (nSPS) is 14.2. The zero-order valence-electron chi connectivity index (χ0n) is 21.0. The van der Waals surface area contributed by atoms with Gasteiger partial charge in [-0.3, -0.25) is 14.6 Å². The highest BCUT2D eigenvalue weighted by atomic mass is 32.1. The molecule has 0 saturated carbocycles. The average Bonchev–Trinajstić information content (AvgIpc) is 3.37. The quantitative estimate of drug-likeness (QED) is 0.380. The summed E-state index contributed by atoms with van der Waals surface area (Å²) in [7, 11) is 6.39. The third-order valence-electron chi connectivity index (χ3n) is 5.97. The van der Waals surface area contributed by atoms with Crippen molar-refractivity contribution in [1.29, 1.82) is 0 Å². The minimum absolute atomic E-state index is 0.171. The average molecular weight is 514 g/mol. The van der Waals surface area contributed by atoms with Crippen LogP contribution < -0.4 is 23.8 Å². The first-order valence-corrected chi connectivity index (χ1v) is 12.4. The maximum atomic E-state index is 13.5.